The van der Waals surface area contributed by atoms with Crippen molar-refractivity contribution in [2.75, 3.05) is 11.9 Å². The van der Waals surface area contributed by atoms with Gasteiger partial charge in [0.25, 0.3) is 0 Å². The fraction of sp³-hybridized carbons (Fsp3) is 0.462. The number of anilines is 1. The van der Waals surface area contributed by atoms with Gasteiger partial charge in [0.15, 0.2) is 0 Å². The van der Waals surface area contributed by atoms with Gasteiger partial charge >= 0.3 is 0 Å². The molecule has 0 radical (unpaired) electrons. The van der Waals surface area contributed by atoms with Gasteiger partial charge < -0.3 is 10.4 Å². The van der Waals surface area contributed by atoms with Gasteiger partial charge in [0.2, 0.25) is 15.9 Å². The first-order valence-electron chi connectivity index (χ1n) is 6.47. The SMILES string of the molecule is CC1C(=O)Nc2ccc(S(=O)(=O)NC3(CO)CC3)cc21. The van der Waals surface area contributed by atoms with Crippen LogP contribution in [0.15, 0.2) is 23.1 Å². The summed E-state index contributed by atoms with van der Waals surface area (Å²) in [6.45, 7) is 1.54. The predicted octanol–water partition coefficient (Wildman–Crippen LogP) is 0.545. The fourth-order valence-electron chi connectivity index (χ4n) is 2.35. The summed E-state index contributed by atoms with van der Waals surface area (Å²) in [5.74, 6) is -0.482. The van der Waals surface area contributed by atoms with Crippen molar-refractivity contribution >= 4 is 21.6 Å². The zero-order chi connectivity index (χ0) is 14.5. The van der Waals surface area contributed by atoms with E-state index in [4.69, 9.17) is 0 Å². The molecule has 0 spiro atoms. The summed E-state index contributed by atoms with van der Waals surface area (Å²) < 4.78 is 27.2. The Morgan fingerprint density at radius 1 is 1.45 bits per heavy atom. The molecule has 1 amide bonds. The van der Waals surface area contributed by atoms with E-state index < -0.39 is 15.6 Å². The summed E-state index contributed by atoms with van der Waals surface area (Å²) in [6.07, 6.45) is 1.29. The van der Waals surface area contributed by atoms with Crippen LogP contribution in [0.2, 0.25) is 0 Å². The number of carbonyl (C=O) groups excluding carboxylic acids is 1. The van der Waals surface area contributed by atoms with E-state index in [2.05, 4.69) is 10.0 Å². The maximum Gasteiger partial charge on any atom is 0.241 e. The number of hydrogen-bond acceptors (Lipinski definition) is 4. The Morgan fingerprint density at radius 2 is 2.15 bits per heavy atom. The summed E-state index contributed by atoms with van der Waals surface area (Å²) in [4.78, 5) is 11.7. The molecule has 0 bridgehead atoms. The number of hydrogen-bond donors (Lipinski definition) is 3. The Hall–Kier alpha value is -1.44. The van der Waals surface area contributed by atoms with Gasteiger partial charge in [-0.15, -0.1) is 0 Å². The Bertz CT molecular complexity index is 680. The highest BCUT2D eigenvalue weighted by Crippen LogP contribution is 2.37. The maximum atomic E-state index is 12.3. The molecular weight excluding hydrogens is 280 g/mol. The summed E-state index contributed by atoms with van der Waals surface area (Å²) in [5.41, 5.74) is 0.647. The number of aliphatic hydroxyl groups excluding tert-OH is 1. The molecular formula is C13H16N2O4S. The predicted molar refractivity (Wildman–Crippen MR) is 72.9 cm³/mol. The highest BCUT2D eigenvalue weighted by Gasteiger charge is 2.45. The normalized spacial score (nSPS) is 23.3. The molecule has 0 aromatic heterocycles. The third-order valence-electron chi connectivity index (χ3n) is 3.96. The van der Waals surface area contributed by atoms with Gasteiger partial charge in [0.05, 0.1) is 23.0 Å². The van der Waals surface area contributed by atoms with E-state index in [1.807, 2.05) is 0 Å². The molecule has 2 aliphatic rings. The number of sulfonamides is 1. The highest BCUT2D eigenvalue weighted by molar-refractivity contribution is 7.89. The number of amides is 1. The van der Waals surface area contributed by atoms with Crippen molar-refractivity contribution in [2.24, 2.45) is 0 Å². The molecule has 1 atom stereocenters. The van der Waals surface area contributed by atoms with Gasteiger partial charge in [-0.1, -0.05) is 0 Å². The zero-order valence-corrected chi connectivity index (χ0v) is 11.8. The minimum Gasteiger partial charge on any atom is -0.394 e. The fourth-order valence-corrected chi connectivity index (χ4v) is 3.84. The number of nitrogens with one attached hydrogen (secondary N) is 2. The van der Waals surface area contributed by atoms with Gasteiger partial charge in [0.1, 0.15) is 0 Å². The first-order valence-corrected chi connectivity index (χ1v) is 7.95. The van der Waals surface area contributed by atoms with Crippen molar-refractivity contribution in [1.82, 2.24) is 4.72 Å². The average Bonchev–Trinajstić information content (AvgIpc) is 3.11. The van der Waals surface area contributed by atoms with E-state index >= 15 is 0 Å². The van der Waals surface area contributed by atoms with Crippen LogP contribution in [0.3, 0.4) is 0 Å². The molecule has 3 rings (SSSR count). The van der Waals surface area contributed by atoms with Crippen LogP contribution in [0.4, 0.5) is 5.69 Å². The first kappa shape index (κ1) is 13.5. The van der Waals surface area contributed by atoms with Gasteiger partial charge in [0, 0.05) is 5.69 Å². The van der Waals surface area contributed by atoms with Crippen LogP contribution >= 0.6 is 0 Å². The van der Waals surface area contributed by atoms with Crippen LogP contribution in [0.25, 0.3) is 0 Å². The number of rotatable bonds is 4. The van der Waals surface area contributed by atoms with Crippen molar-refractivity contribution in [1.29, 1.82) is 0 Å². The zero-order valence-electron chi connectivity index (χ0n) is 11.0. The first-order chi connectivity index (χ1) is 9.37. The standard InChI is InChI=1S/C13H16N2O4S/c1-8-10-6-9(2-3-11(10)14-12(8)17)20(18,19)15-13(7-16)4-5-13/h2-3,6,8,15-16H,4-5,7H2,1H3,(H,14,17). The molecule has 0 saturated heterocycles. The molecule has 1 heterocycles. The minimum absolute atomic E-state index is 0.124. The molecule has 1 saturated carbocycles. The third kappa shape index (κ3) is 2.11. The molecule has 7 heteroatoms. The van der Waals surface area contributed by atoms with Crippen molar-refractivity contribution in [3.8, 4) is 0 Å². The van der Waals surface area contributed by atoms with Crippen molar-refractivity contribution < 1.29 is 18.3 Å². The van der Waals surface area contributed by atoms with E-state index in [-0.39, 0.29) is 23.3 Å². The Labute approximate surface area is 117 Å². The number of benzene rings is 1. The number of fused-ring (bicyclic) bond motifs is 1. The van der Waals surface area contributed by atoms with E-state index in [9.17, 15) is 18.3 Å². The van der Waals surface area contributed by atoms with E-state index in [0.29, 0.717) is 24.1 Å². The van der Waals surface area contributed by atoms with Gasteiger partial charge in [-0.05, 0) is 43.5 Å². The Kier molecular flexibility index (Phi) is 2.89. The van der Waals surface area contributed by atoms with E-state index in [0.717, 1.165) is 0 Å². The average molecular weight is 296 g/mol. The van der Waals surface area contributed by atoms with E-state index in [1.165, 1.54) is 12.1 Å². The molecule has 1 aromatic rings. The van der Waals surface area contributed by atoms with Crippen molar-refractivity contribution in [3.05, 3.63) is 23.8 Å². The van der Waals surface area contributed by atoms with Crippen LogP contribution in [-0.2, 0) is 14.8 Å². The lowest BCUT2D eigenvalue weighted by Gasteiger charge is -2.15. The lowest BCUT2D eigenvalue weighted by Crippen LogP contribution is -2.39. The van der Waals surface area contributed by atoms with Crippen LogP contribution in [-0.4, -0.2) is 31.6 Å². The second-order valence-electron chi connectivity index (χ2n) is 5.50. The maximum absolute atomic E-state index is 12.3. The highest BCUT2D eigenvalue weighted by atomic mass is 32.2. The second kappa shape index (κ2) is 4.28. The van der Waals surface area contributed by atoms with Gasteiger partial charge in [-0.3, -0.25) is 4.79 Å². The summed E-state index contributed by atoms with van der Waals surface area (Å²) in [5, 5.41) is 11.9. The molecule has 1 aliphatic carbocycles. The molecule has 1 fully saturated rings. The van der Waals surface area contributed by atoms with Crippen molar-refractivity contribution in [2.45, 2.75) is 36.1 Å². The number of aliphatic hydroxyl groups is 1. The Balaban J connectivity index is 1.94. The summed E-state index contributed by atoms with van der Waals surface area (Å²) >= 11 is 0. The van der Waals surface area contributed by atoms with Crippen LogP contribution in [0, 0.1) is 0 Å². The van der Waals surface area contributed by atoms with Gasteiger partial charge in [-0.2, -0.15) is 0 Å². The van der Waals surface area contributed by atoms with Crippen LogP contribution in [0.5, 0.6) is 0 Å². The molecule has 6 nitrogen and oxygen atoms in total. The summed E-state index contributed by atoms with van der Waals surface area (Å²) in [6, 6.07) is 4.59. The molecule has 20 heavy (non-hydrogen) atoms. The topological polar surface area (TPSA) is 95.5 Å². The lowest BCUT2D eigenvalue weighted by molar-refractivity contribution is -0.116. The number of carbonyl (C=O) groups is 1. The minimum atomic E-state index is -3.68. The molecule has 3 N–H and O–H groups in total. The lowest BCUT2D eigenvalue weighted by atomic mass is 10.0. The Morgan fingerprint density at radius 3 is 2.75 bits per heavy atom. The molecule has 1 aliphatic heterocycles. The quantitative estimate of drug-likeness (QED) is 0.756. The largest absolute Gasteiger partial charge is 0.394 e. The van der Waals surface area contributed by atoms with Crippen molar-refractivity contribution in [3.63, 3.8) is 0 Å². The summed E-state index contributed by atoms with van der Waals surface area (Å²) in [7, 11) is -3.68. The molecule has 1 aromatic carbocycles. The van der Waals surface area contributed by atoms with E-state index in [1.54, 1.807) is 13.0 Å². The smallest absolute Gasteiger partial charge is 0.241 e. The monoisotopic (exact) mass is 296 g/mol. The van der Waals surface area contributed by atoms with Crippen LogP contribution in [0.1, 0.15) is 31.2 Å². The third-order valence-corrected chi connectivity index (χ3v) is 5.53. The second-order valence-corrected chi connectivity index (χ2v) is 7.19. The van der Waals surface area contributed by atoms with Crippen LogP contribution < -0.4 is 10.0 Å². The molecule has 108 valence electrons. The molecule has 1 unspecified atom stereocenters. The van der Waals surface area contributed by atoms with Gasteiger partial charge in [-0.25, -0.2) is 13.1 Å².